The highest BCUT2D eigenvalue weighted by Gasteiger charge is 2.21. The zero-order chi connectivity index (χ0) is 13.9. The van der Waals surface area contributed by atoms with Crippen LogP contribution in [0.1, 0.15) is 11.6 Å². The lowest BCUT2D eigenvalue weighted by atomic mass is 10.1. The molecule has 0 saturated carbocycles. The average molecular weight is 331 g/mol. The number of anilines is 1. The van der Waals surface area contributed by atoms with E-state index in [4.69, 9.17) is 9.47 Å². The van der Waals surface area contributed by atoms with Crippen molar-refractivity contribution in [3.05, 3.63) is 52.5 Å². The molecule has 0 radical (unpaired) electrons. The van der Waals surface area contributed by atoms with Gasteiger partial charge in [-0.05, 0) is 45.8 Å². The maximum absolute atomic E-state index is 9.38. The molecule has 0 bridgehead atoms. The lowest BCUT2D eigenvalue weighted by Gasteiger charge is -2.14. The van der Waals surface area contributed by atoms with Crippen LogP contribution in [0.3, 0.4) is 0 Å². The molecule has 0 amide bonds. The largest absolute Gasteiger partial charge is 0.454 e. The van der Waals surface area contributed by atoms with Crippen molar-refractivity contribution in [2.45, 2.75) is 6.04 Å². The Kier molecular flexibility index (Phi) is 3.48. The van der Waals surface area contributed by atoms with Gasteiger partial charge in [-0.3, -0.25) is 0 Å². The SMILES string of the molecule is N#CC(Nc1ccccc1)c1cc(Br)c2c(c1)OCO2. The van der Waals surface area contributed by atoms with Gasteiger partial charge < -0.3 is 14.8 Å². The summed E-state index contributed by atoms with van der Waals surface area (Å²) in [6, 6.07) is 15.1. The normalized spacial score (nSPS) is 13.6. The van der Waals surface area contributed by atoms with Gasteiger partial charge in [-0.2, -0.15) is 5.26 Å². The van der Waals surface area contributed by atoms with Crippen LogP contribution in [0.5, 0.6) is 11.5 Å². The second kappa shape index (κ2) is 5.43. The Morgan fingerprint density at radius 1 is 1.20 bits per heavy atom. The first-order chi connectivity index (χ1) is 9.78. The molecule has 1 heterocycles. The number of para-hydroxylation sites is 1. The van der Waals surface area contributed by atoms with Gasteiger partial charge in [-0.25, -0.2) is 0 Å². The smallest absolute Gasteiger partial charge is 0.231 e. The van der Waals surface area contributed by atoms with E-state index in [1.165, 1.54) is 0 Å². The molecule has 0 fully saturated rings. The molecule has 0 aliphatic carbocycles. The van der Waals surface area contributed by atoms with Crippen LogP contribution >= 0.6 is 15.9 Å². The lowest BCUT2D eigenvalue weighted by Crippen LogP contribution is -2.08. The van der Waals surface area contributed by atoms with Crippen LogP contribution < -0.4 is 14.8 Å². The number of nitriles is 1. The van der Waals surface area contributed by atoms with Gasteiger partial charge in [0.25, 0.3) is 0 Å². The summed E-state index contributed by atoms with van der Waals surface area (Å²) in [4.78, 5) is 0. The van der Waals surface area contributed by atoms with Crippen LogP contribution in [0.2, 0.25) is 0 Å². The highest BCUT2D eigenvalue weighted by Crippen LogP contribution is 2.41. The minimum absolute atomic E-state index is 0.209. The van der Waals surface area contributed by atoms with Crippen molar-refractivity contribution in [3.8, 4) is 17.6 Å². The Hall–Kier alpha value is -2.19. The Labute approximate surface area is 125 Å². The van der Waals surface area contributed by atoms with E-state index in [0.29, 0.717) is 11.5 Å². The number of nitrogens with zero attached hydrogens (tertiary/aromatic N) is 1. The van der Waals surface area contributed by atoms with Crippen molar-refractivity contribution in [3.63, 3.8) is 0 Å². The van der Waals surface area contributed by atoms with E-state index in [1.54, 1.807) is 0 Å². The summed E-state index contributed by atoms with van der Waals surface area (Å²) in [5.74, 6) is 1.34. The molecular weight excluding hydrogens is 320 g/mol. The van der Waals surface area contributed by atoms with Gasteiger partial charge in [0.15, 0.2) is 11.5 Å². The maximum atomic E-state index is 9.38. The molecule has 0 spiro atoms. The zero-order valence-electron chi connectivity index (χ0n) is 10.5. The topological polar surface area (TPSA) is 54.3 Å². The summed E-state index contributed by atoms with van der Waals surface area (Å²) in [5.41, 5.74) is 1.72. The molecule has 1 atom stereocenters. The fraction of sp³-hybridized carbons (Fsp3) is 0.133. The van der Waals surface area contributed by atoms with Crippen LogP contribution in [0.25, 0.3) is 0 Å². The molecule has 2 aromatic rings. The maximum Gasteiger partial charge on any atom is 0.231 e. The van der Waals surface area contributed by atoms with E-state index < -0.39 is 6.04 Å². The predicted molar refractivity (Wildman–Crippen MR) is 78.7 cm³/mol. The van der Waals surface area contributed by atoms with Crippen LogP contribution in [0.15, 0.2) is 46.9 Å². The molecule has 1 aliphatic rings. The number of halogens is 1. The van der Waals surface area contributed by atoms with Gasteiger partial charge in [0.1, 0.15) is 6.04 Å². The molecule has 0 saturated heterocycles. The Morgan fingerprint density at radius 2 is 2.00 bits per heavy atom. The van der Waals surface area contributed by atoms with Crippen molar-refractivity contribution in [2.75, 3.05) is 12.1 Å². The molecule has 3 rings (SSSR count). The van der Waals surface area contributed by atoms with Crippen molar-refractivity contribution in [1.82, 2.24) is 0 Å². The number of rotatable bonds is 3. The van der Waals surface area contributed by atoms with Crippen molar-refractivity contribution < 1.29 is 9.47 Å². The predicted octanol–water partition coefficient (Wildman–Crippen LogP) is 3.85. The van der Waals surface area contributed by atoms with Crippen LogP contribution in [-0.4, -0.2) is 6.79 Å². The van der Waals surface area contributed by atoms with Gasteiger partial charge in [-0.15, -0.1) is 0 Å². The number of hydrogen-bond donors (Lipinski definition) is 1. The minimum atomic E-state index is -0.455. The zero-order valence-corrected chi connectivity index (χ0v) is 12.1. The second-order valence-electron chi connectivity index (χ2n) is 4.31. The number of hydrogen-bond acceptors (Lipinski definition) is 4. The van der Waals surface area contributed by atoms with Gasteiger partial charge in [0.2, 0.25) is 6.79 Å². The van der Waals surface area contributed by atoms with Crippen molar-refractivity contribution >= 4 is 21.6 Å². The van der Waals surface area contributed by atoms with E-state index in [1.807, 2.05) is 42.5 Å². The quantitative estimate of drug-likeness (QED) is 0.928. The fourth-order valence-corrected chi connectivity index (χ4v) is 2.62. The van der Waals surface area contributed by atoms with Crippen LogP contribution in [0, 0.1) is 11.3 Å². The van der Waals surface area contributed by atoms with Crippen LogP contribution in [0.4, 0.5) is 5.69 Å². The third kappa shape index (κ3) is 2.43. The highest BCUT2D eigenvalue weighted by atomic mass is 79.9. The van der Waals surface area contributed by atoms with Gasteiger partial charge in [0, 0.05) is 5.69 Å². The van der Waals surface area contributed by atoms with Gasteiger partial charge in [-0.1, -0.05) is 18.2 Å². The third-order valence-corrected chi connectivity index (χ3v) is 3.59. The Morgan fingerprint density at radius 3 is 2.75 bits per heavy atom. The van der Waals surface area contributed by atoms with E-state index >= 15 is 0 Å². The molecule has 2 aromatic carbocycles. The summed E-state index contributed by atoms with van der Waals surface area (Å²) in [6.45, 7) is 0.209. The van der Waals surface area contributed by atoms with Crippen LogP contribution in [-0.2, 0) is 0 Å². The van der Waals surface area contributed by atoms with E-state index in [-0.39, 0.29) is 6.79 Å². The number of nitrogens with one attached hydrogen (secondary N) is 1. The molecule has 4 nitrogen and oxygen atoms in total. The van der Waals surface area contributed by atoms with Gasteiger partial charge >= 0.3 is 0 Å². The highest BCUT2D eigenvalue weighted by molar-refractivity contribution is 9.10. The molecule has 0 aromatic heterocycles. The van der Waals surface area contributed by atoms with E-state index in [0.717, 1.165) is 15.7 Å². The van der Waals surface area contributed by atoms with E-state index in [2.05, 4.69) is 27.3 Å². The standard InChI is InChI=1S/C15H11BrN2O2/c16-12-6-10(7-14-15(12)20-9-19-14)13(8-17)18-11-4-2-1-3-5-11/h1-7,13,18H,9H2. The second-order valence-corrected chi connectivity index (χ2v) is 5.16. The number of ether oxygens (including phenoxy) is 2. The van der Waals surface area contributed by atoms with Crippen molar-refractivity contribution in [2.24, 2.45) is 0 Å². The Bertz CT molecular complexity index is 668. The first kappa shape index (κ1) is 12.8. The summed E-state index contributed by atoms with van der Waals surface area (Å²) in [7, 11) is 0. The summed E-state index contributed by atoms with van der Waals surface area (Å²) < 4.78 is 11.5. The first-order valence-electron chi connectivity index (χ1n) is 6.08. The Balaban J connectivity index is 1.91. The van der Waals surface area contributed by atoms with Crippen molar-refractivity contribution in [1.29, 1.82) is 5.26 Å². The molecule has 20 heavy (non-hydrogen) atoms. The summed E-state index contributed by atoms with van der Waals surface area (Å²) in [5, 5.41) is 12.6. The summed E-state index contributed by atoms with van der Waals surface area (Å²) >= 11 is 3.44. The molecule has 1 N–H and O–H groups in total. The number of fused-ring (bicyclic) bond motifs is 1. The molecule has 1 unspecified atom stereocenters. The number of benzene rings is 2. The lowest BCUT2D eigenvalue weighted by molar-refractivity contribution is 0.173. The monoisotopic (exact) mass is 330 g/mol. The fourth-order valence-electron chi connectivity index (χ4n) is 2.05. The molecule has 5 heteroatoms. The van der Waals surface area contributed by atoms with E-state index in [9.17, 15) is 5.26 Å². The molecular formula is C15H11BrN2O2. The molecule has 1 aliphatic heterocycles. The molecule has 100 valence electrons. The summed E-state index contributed by atoms with van der Waals surface area (Å²) in [6.07, 6.45) is 0. The third-order valence-electron chi connectivity index (χ3n) is 3.00. The average Bonchev–Trinajstić information content (AvgIpc) is 2.95. The first-order valence-corrected chi connectivity index (χ1v) is 6.87. The van der Waals surface area contributed by atoms with Gasteiger partial charge in [0.05, 0.1) is 10.5 Å². The minimum Gasteiger partial charge on any atom is -0.454 e.